The van der Waals surface area contributed by atoms with Crippen LogP contribution in [0.2, 0.25) is 0 Å². The number of hydrogen-bond acceptors (Lipinski definition) is 4. The van der Waals surface area contributed by atoms with Crippen LogP contribution in [0.5, 0.6) is 0 Å². The SMILES string of the molecule is CC.CC.CON(C)C(=O)C1CCN(C(=O)OC(C)(C)C)CC1. The summed E-state index contributed by atoms with van der Waals surface area (Å²) < 4.78 is 5.31. The minimum atomic E-state index is -0.486. The van der Waals surface area contributed by atoms with Gasteiger partial charge in [-0.05, 0) is 33.6 Å². The highest BCUT2D eigenvalue weighted by molar-refractivity contribution is 5.78. The van der Waals surface area contributed by atoms with Crippen molar-refractivity contribution in [3.8, 4) is 0 Å². The molecule has 0 aromatic carbocycles. The smallest absolute Gasteiger partial charge is 0.410 e. The molecule has 0 aromatic heterocycles. The Labute approximate surface area is 142 Å². The Bertz CT molecular complexity index is 332. The molecule has 23 heavy (non-hydrogen) atoms. The molecule has 1 rings (SSSR count). The highest BCUT2D eigenvalue weighted by Gasteiger charge is 2.31. The van der Waals surface area contributed by atoms with Gasteiger partial charge in [0.25, 0.3) is 0 Å². The van der Waals surface area contributed by atoms with Crippen molar-refractivity contribution in [1.29, 1.82) is 0 Å². The van der Waals surface area contributed by atoms with Gasteiger partial charge in [0, 0.05) is 26.1 Å². The molecule has 2 amide bonds. The molecule has 0 aromatic rings. The van der Waals surface area contributed by atoms with Gasteiger partial charge in [0.2, 0.25) is 5.91 Å². The largest absolute Gasteiger partial charge is 0.444 e. The van der Waals surface area contributed by atoms with E-state index in [1.54, 1.807) is 11.9 Å². The predicted molar refractivity (Wildman–Crippen MR) is 93.0 cm³/mol. The summed E-state index contributed by atoms with van der Waals surface area (Å²) in [6.07, 6.45) is 0.982. The van der Waals surface area contributed by atoms with Gasteiger partial charge in [-0.2, -0.15) is 0 Å². The molecule has 0 saturated carbocycles. The molecule has 0 spiro atoms. The topological polar surface area (TPSA) is 59.1 Å². The molecule has 0 aliphatic carbocycles. The van der Waals surface area contributed by atoms with Crippen LogP contribution in [0.25, 0.3) is 0 Å². The third-order valence-corrected chi connectivity index (χ3v) is 3.08. The summed E-state index contributed by atoms with van der Waals surface area (Å²) in [6, 6.07) is 0. The van der Waals surface area contributed by atoms with Gasteiger partial charge >= 0.3 is 6.09 Å². The molecule has 0 atom stereocenters. The van der Waals surface area contributed by atoms with E-state index in [2.05, 4.69) is 0 Å². The van der Waals surface area contributed by atoms with E-state index in [4.69, 9.17) is 9.57 Å². The molecule has 1 fully saturated rings. The zero-order chi connectivity index (χ0) is 18.6. The number of carbonyl (C=O) groups excluding carboxylic acids is 2. The van der Waals surface area contributed by atoms with Crippen molar-refractivity contribution in [3.05, 3.63) is 0 Å². The van der Waals surface area contributed by atoms with Crippen molar-refractivity contribution in [1.82, 2.24) is 9.96 Å². The number of hydroxylamine groups is 2. The highest BCUT2D eigenvalue weighted by atomic mass is 16.7. The van der Waals surface area contributed by atoms with Crippen LogP contribution in [0.1, 0.15) is 61.3 Å². The molecule has 0 radical (unpaired) electrons. The van der Waals surface area contributed by atoms with Gasteiger partial charge < -0.3 is 9.64 Å². The third kappa shape index (κ3) is 9.43. The second-order valence-corrected chi connectivity index (χ2v) is 5.76. The van der Waals surface area contributed by atoms with Crippen LogP contribution < -0.4 is 0 Å². The molecule has 0 unspecified atom stereocenters. The number of ether oxygens (including phenoxy) is 1. The first-order chi connectivity index (χ1) is 10.7. The number of carbonyl (C=O) groups is 2. The molecule has 0 N–H and O–H groups in total. The van der Waals surface area contributed by atoms with E-state index >= 15 is 0 Å². The third-order valence-electron chi connectivity index (χ3n) is 3.08. The van der Waals surface area contributed by atoms with E-state index in [-0.39, 0.29) is 17.9 Å². The fourth-order valence-corrected chi connectivity index (χ4v) is 1.98. The summed E-state index contributed by atoms with van der Waals surface area (Å²) in [4.78, 5) is 30.3. The Morgan fingerprint density at radius 1 is 1.04 bits per heavy atom. The molecular formula is C17H36N2O4. The maximum Gasteiger partial charge on any atom is 0.410 e. The lowest BCUT2D eigenvalue weighted by atomic mass is 9.96. The summed E-state index contributed by atoms with van der Waals surface area (Å²) in [7, 11) is 3.07. The summed E-state index contributed by atoms with van der Waals surface area (Å²) >= 11 is 0. The molecule has 1 saturated heterocycles. The van der Waals surface area contributed by atoms with Crippen molar-refractivity contribution < 1.29 is 19.2 Å². The van der Waals surface area contributed by atoms with Crippen LogP contribution in [0.15, 0.2) is 0 Å². The number of rotatable bonds is 2. The first kappa shape index (κ1) is 24.0. The summed E-state index contributed by atoms with van der Waals surface area (Å²) in [5, 5.41) is 1.24. The molecule has 1 heterocycles. The van der Waals surface area contributed by atoms with Crippen LogP contribution in [0.4, 0.5) is 4.79 Å². The van der Waals surface area contributed by atoms with E-state index in [9.17, 15) is 9.59 Å². The van der Waals surface area contributed by atoms with Crippen molar-refractivity contribution in [2.45, 2.75) is 66.9 Å². The van der Waals surface area contributed by atoms with Crippen LogP contribution in [0, 0.1) is 5.92 Å². The van der Waals surface area contributed by atoms with Gasteiger partial charge in [-0.1, -0.05) is 27.7 Å². The lowest BCUT2D eigenvalue weighted by Gasteiger charge is -2.33. The number of hydrogen-bond donors (Lipinski definition) is 0. The van der Waals surface area contributed by atoms with Gasteiger partial charge in [0.15, 0.2) is 0 Å². The van der Waals surface area contributed by atoms with Gasteiger partial charge in [0.1, 0.15) is 5.60 Å². The van der Waals surface area contributed by atoms with Gasteiger partial charge in [-0.15, -0.1) is 0 Å². The summed E-state index contributed by atoms with van der Waals surface area (Å²) in [5.41, 5.74) is -0.486. The standard InChI is InChI=1S/C13H24N2O4.2C2H6/c1-13(2,3)19-12(17)15-8-6-10(7-9-15)11(16)14(4)18-5;2*1-2/h10H,6-9H2,1-5H3;2*1-2H3. The van der Waals surface area contributed by atoms with E-state index in [1.807, 2.05) is 48.5 Å². The van der Waals surface area contributed by atoms with Crippen molar-refractivity contribution >= 4 is 12.0 Å². The van der Waals surface area contributed by atoms with Crippen molar-refractivity contribution in [2.24, 2.45) is 5.92 Å². The first-order valence-electron chi connectivity index (χ1n) is 8.54. The van der Waals surface area contributed by atoms with Crippen LogP contribution in [0.3, 0.4) is 0 Å². The summed E-state index contributed by atoms with van der Waals surface area (Å²) in [5.74, 6) is -0.116. The lowest BCUT2D eigenvalue weighted by molar-refractivity contribution is -0.174. The fraction of sp³-hybridized carbons (Fsp3) is 0.882. The number of likely N-dealkylation sites (tertiary alicyclic amines) is 1. The maximum atomic E-state index is 11.9. The number of amides is 2. The van der Waals surface area contributed by atoms with Crippen LogP contribution in [-0.2, 0) is 14.4 Å². The molecule has 138 valence electrons. The molecule has 1 aliphatic rings. The number of nitrogens with zero attached hydrogens (tertiary/aromatic N) is 2. The normalized spacial score (nSPS) is 14.7. The fourth-order valence-electron chi connectivity index (χ4n) is 1.98. The minimum absolute atomic E-state index is 0.0358. The van der Waals surface area contributed by atoms with Crippen molar-refractivity contribution in [3.63, 3.8) is 0 Å². The average molecular weight is 332 g/mol. The van der Waals surface area contributed by atoms with E-state index in [0.717, 1.165) is 0 Å². The predicted octanol–water partition coefficient (Wildman–Crippen LogP) is 3.71. The second kappa shape index (κ2) is 12.2. The van der Waals surface area contributed by atoms with E-state index < -0.39 is 5.60 Å². The Balaban J connectivity index is 0. The average Bonchev–Trinajstić information content (AvgIpc) is 2.55. The molecule has 1 aliphatic heterocycles. The Morgan fingerprint density at radius 2 is 1.48 bits per heavy atom. The molecule has 0 bridgehead atoms. The van der Waals surface area contributed by atoms with E-state index in [1.165, 1.54) is 12.2 Å². The Kier molecular flexibility index (Phi) is 12.7. The van der Waals surface area contributed by atoms with Crippen molar-refractivity contribution in [2.75, 3.05) is 27.2 Å². The maximum absolute atomic E-state index is 11.9. The van der Waals surface area contributed by atoms with Gasteiger partial charge in [0.05, 0.1) is 7.11 Å². The monoisotopic (exact) mass is 332 g/mol. The quantitative estimate of drug-likeness (QED) is 0.723. The van der Waals surface area contributed by atoms with Gasteiger partial charge in [-0.3, -0.25) is 9.63 Å². The van der Waals surface area contributed by atoms with Gasteiger partial charge in [-0.25, -0.2) is 9.86 Å². The van der Waals surface area contributed by atoms with Crippen LogP contribution in [-0.4, -0.2) is 54.8 Å². The zero-order valence-corrected chi connectivity index (χ0v) is 16.4. The first-order valence-corrected chi connectivity index (χ1v) is 8.54. The minimum Gasteiger partial charge on any atom is -0.444 e. The second-order valence-electron chi connectivity index (χ2n) is 5.76. The zero-order valence-electron chi connectivity index (χ0n) is 16.4. The number of piperidine rings is 1. The summed E-state index contributed by atoms with van der Waals surface area (Å²) in [6.45, 7) is 14.6. The molecular weight excluding hydrogens is 296 g/mol. The molecule has 6 nitrogen and oxygen atoms in total. The van der Waals surface area contributed by atoms with E-state index in [0.29, 0.717) is 25.9 Å². The highest BCUT2D eigenvalue weighted by Crippen LogP contribution is 2.21. The Hall–Kier alpha value is -1.30. The molecule has 6 heteroatoms. The lowest BCUT2D eigenvalue weighted by Crippen LogP contribution is -2.45. The Morgan fingerprint density at radius 3 is 1.83 bits per heavy atom. The van der Waals surface area contributed by atoms with Crippen LogP contribution >= 0.6 is 0 Å².